The van der Waals surface area contributed by atoms with E-state index in [1.807, 2.05) is 0 Å². The zero-order chi connectivity index (χ0) is 11.3. The van der Waals surface area contributed by atoms with E-state index < -0.39 is 18.8 Å². The highest BCUT2D eigenvalue weighted by Crippen LogP contribution is 2.11. The first-order valence-electron chi connectivity index (χ1n) is 4.43. The minimum atomic E-state index is -1.10. The molecule has 1 aromatic carbocycles. The van der Waals surface area contributed by atoms with Gasteiger partial charge in [-0.1, -0.05) is 12.1 Å². The maximum atomic E-state index is 12.0. The Hall–Kier alpha value is -1.62. The first kappa shape index (κ1) is 11.5. The molecule has 0 fully saturated rings. The molecular formula is C10H12FNO3. The second-order valence-corrected chi connectivity index (χ2v) is 3.10. The first-order chi connectivity index (χ1) is 7.13. The number of carbonyl (C=O) groups is 1. The third-order valence-electron chi connectivity index (χ3n) is 2.00. The van der Waals surface area contributed by atoms with Crippen molar-refractivity contribution in [3.05, 3.63) is 29.8 Å². The number of hydrogen-bond acceptors (Lipinski definition) is 3. The van der Waals surface area contributed by atoms with Crippen molar-refractivity contribution in [2.24, 2.45) is 0 Å². The molecule has 4 nitrogen and oxygen atoms in total. The topological polar surface area (TPSA) is 69.6 Å². The Balaban J connectivity index is 2.65. The van der Waals surface area contributed by atoms with E-state index in [1.54, 1.807) is 12.1 Å². The van der Waals surface area contributed by atoms with Gasteiger partial charge in [0, 0.05) is 0 Å². The summed E-state index contributed by atoms with van der Waals surface area (Å²) in [5.41, 5.74) is 0.723. The number of carboxylic acids is 1. The lowest BCUT2D eigenvalue weighted by molar-refractivity contribution is -0.139. The van der Waals surface area contributed by atoms with Crippen LogP contribution in [0, 0.1) is 0 Å². The normalized spacial score (nSPS) is 12.3. The molecular weight excluding hydrogens is 201 g/mol. The number of aliphatic carboxylic acids is 1. The van der Waals surface area contributed by atoms with Gasteiger partial charge in [-0.05, 0) is 24.1 Å². The molecule has 0 aromatic heterocycles. The molecule has 0 amide bonds. The summed E-state index contributed by atoms with van der Waals surface area (Å²) in [6.45, 7) is -0.880. The molecule has 82 valence electrons. The SMILES string of the molecule is O=C(O)C(Cc1ccc(O)cc1)NCF. The number of phenolic OH excluding ortho intramolecular Hbond substituents is 1. The zero-order valence-corrected chi connectivity index (χ0v) is 7.98. The fourth-order valence-electron chi connectivity index (χ4n) is 1.21. The summed E-state index contributed by atoms with van der Waals surface area (Å²) in [6, 6.07) is 5.18. The van der Waals surface area contributed by atoms with Gasteiger partial charge < -0.3 is 10.2 Å². The van der Waals surface area contributed by atoms with Gasteiger partial charge in [0.1, 0.15) is 18.6 Å². The molecule has 0 heterocycles. The van der Waals surface area contributed by atoms with Crippen LogP contribution in [0.3, 0.4) is 0 Å². The second-order valence-electron chi connectivity index (χ2n) is 3.10. The van der Waals surface area contributed by atoms with Gasteiger partial charge in [0.15, 0.2) is 0 Å². The van der Waals surface area contributed by atoms with E-state index in [0.29, 0.717) is 0 Å². The summed E-state index contributed by atoms with van der Waals surface area (Å²) < 4.78 is 12.0. The number of alkyl halides is 1. The number of aromatic hydroxyl groups is 1. The van der Waals surface area contributed by atoms with Gasteiger partial charge in [-0.3, -0.25) is 10.1 Å². The predicted molar refractivity (Wildman–Crippen MR) is 52.3 cm³/mol. The lowest BCUT2D eigenvalue weighted by Gasteiger charge is -2.11. The Bertz CT molecular complexity index is 326. The molecule has 0 aliphatic heterocycles. The fraction of sp³-hybridized carbons (Fsp3) is 0.300. The maximum absolute atomic E-state index is 12.0. The number of rotatable bonds is 5. The predicted octanol–water partition coefficient (Wildman–Crippen LogP) is 0.905. The van der Waals surface area contributed by atoms with Crippen molar-refractivity contribution in [1.29, 1.82) is 0 Å². The molecule has 1 aromatic rings. The number of halogens is 1. The van der Waals surface area contributed by atoms with Crippen LogP contribution in [0.15, 0.2) is 24.3 Å². The van der Waals surface area contributed by atoms with E-state index in [9.17, 15) is 9.18 Å². The maximum Gasteiger partial charge on any atom is 0.321 e. The lowest BCUT2D eigenvalue weighted by Crippen LogP contribution is -2.37. The van der Waals surface area contributed by atoms with Gasteiger partial charge in [0.05, 0.1) is 0 Å². The van der Waals surface area contributed by atoms with Crippen LogP contribution in [-0.2, 0) is 11.2 Å². The van der Waals surface area contributed by atoms with Gasteiger partial charge >= 0.3 is 5.97 Å². The Morgan fingerprint density at radius 3 is 2.47 bits per heavy atom. The van der Waals surface area contributed by atoms with Gasteiger partial charge in [-0.2, -0.15) is 0 Å². The largest absolute Gasteiger partial charge is 0.508 e. The van der Waals surface area contributed by atoms with Crippen molar-refractivity contribution >= 4 is 5.97 Å². The average molecular weight is 213 g/mol. The van der Waals surface area contributed by atoms with Gasteiger partial charge in [-0.25, -0.2) is 4.39 Å². The van der Waals surface area contributed by atoms with E-state index in [4.69, 9.17) is 10.2 Å². The van der Waals surface area contributed by atoms with Crippen molar-refractivity contribution < 1.29 is 19.4 Å². The molecule has 15 heavy (non-hydrogen) atoms. The summed E-state index contributed by atoms with van der Waals surface area (Å²) in [5.74, 6) is -0.982. The standard InChI is InChI=1S/C10H12FNO3/c11-6-12-9(10(14)15)5-7-1-3-8(13)4-2-7/h1-4,9,12-13H,5-6H2,(H,14,15). The van der Waals surface area contributed by atoms with E-state index in [0.717, 1.165) is 5.56 Å². The molecule has 5 heteroatoms. The smallest absolute Gasteiger partial charge is 0.321 e. The quantitative estimate of drug-likeness (QED) is 0.636. The van der Waals surface area contributed by atoms with Crippen molar-refractivity contribution in [1.82, 2.24) is 5.32 Å². The Kier molecular flexibility index (Phi) is 4.05. The van der Waals surface area contributed by atoms with Crippen LogP contribution in [-0.4, -0.2) is 29.0 Å². The monoisotopic (exact) mass is 213 g/mol. The van der Waals surface area contributed by atoms with Crippen molar-refractivity contribution in [3.8, 4) is 5.75 Å². The molecule has 1 unspecified atom stereocenters. The lowest BCUT2D eigenvalue weighted by atomic mass is 10.1. The fourth-order valence-corrected chi connectivity index (χ4v) is 1.21. The van der Waals surface area contributed by atoms with Crippen molar-refractivity contribution in [3.63, 3.8) is 0 Å². The molecule has 0 saturated carbocycles. The molecule has 0 saturated heterocycles. The highest BCUT2D eigenvalue weighted by molar-refractivity contribution is 5.73. The molecule has 3 N–H and O–H groups in total. The zero-order valence-electron chi connectivity index (χ0n) is 7.98. The van der Waals surface area contributed by atoms with E-state index in [2.05, 4.69) is 5.32 Å². The van der Waals surface area contributed by atoms with Crippen molar-refractivity contribution in [2.75, 3.05) is 6.80 Å². The van der Waals surface area contributed by atoms with E-state index in [-0.39, 0.29) is 12.2 Å². The van der Waals surface area contributed by atoms with Crippen LogP contribution < -0.4 is 5.32 Å². The van der Waals surface area contributed by atoms with Crippen molar-refractivity contribution in [2.45, 2.75) is 12.5 Å². The Labute approximate surface area is 86.4 Å². The molecule has 0 aliphatic carbocycles. The van der Waals surface area contributed by atoms with Gasteiger partial charge in [0.25, 0.3) is 0 Å². The van der Waals surface area contributed by atoms with Crippen LogP contribution >= 0.6 is 0 Å². The molecule has 0 aliphatic rings. The average Bonchev–Trinajstić information content (AvgIpc) is 2.20. The number of benzene rings is 1. The molecule has 0 radical (unpaired) electrons. The summed E-state index contributed by atoms with van der Waals surface area (Å²) in [4.78, 5) is 10.7. The summed E-state index contributed by atoms with van der Waals surface area (Å²) >= 11 is 0. The second kappa shape index (κ2) is 5.31. The Morgan fingerprint density at radius 1 is 1.40 bits per heavy atom. The van der Waals surface area contributed by atoms with Crippen LogP contribution in [0.2, 0.25) is 0 Å². The summed E-state index contributed by atoms with van der Waals surface area (Å²) in [5, 5.41) is 20.0. The molecule has 0 bridgehead atoms. The first-order valence-corrected chi connectivity index (χ1v) is 4.43. The third-order valence-corrected chi connectivity index (χ3v) is 2.00. The molecule has 1 atom stereocenters. The van der Waals surface area contributed by atoms with Gasteiger partial charge in [0.2, 0.25) is 0 Å². The van der Waals surface area contributed by atoms with Crippen LogP contribution in [0.4, 0.5) is 4.39 Å². The Morgan fingerprint density at radius 2 is 2.00 bits per heavy atom. The number of hydrogen-bond donors (Lipinski definition) is 3. The third kappa shape index (κ3) is 3.55. The number of nitrogens with one attached hydrogen (secondary N) is 1. The van der Waals surface area contributed by atoms with Crippen LogP contribution in [0.1, 0.15) is 5.56 Å². The van der Waals surface area contributed by atoms with Crippen LogP contribution in [0.25, 0.3) is 0 Å². The minimum Gasteiger partial charge on any atom is -0.508 e. The number of phenols is 1. The molecule has 1 rings (SSSR count). The van der Waals surface area contributed by atoms with E-state index in [1.165, 1.54) is 12.1 Å². The molecule has 0 spiro atoms. The van der Waals surface area contributed by atoms with E-state index >= 15 is 0 Å². The highest BCUT2D eigenvalue weighted by atomic mass is 19.1. The summed E-state index contributed by atoms with van der Waals surface area (Å²) in [7, 11) is 0. The number of carboxylic acid groups (broad SMARTS) is 1. The van der Waals surface area contributed by atoms with Crippen LogP contribution in [0.5, 0.6) is 5.75 Å². The van der Waals surface area contributed by atoms with Gasteiger partial charge in [-0.15, -0.1) is 0 Å². The highest BCUT2D eigenvalue weighted by Gasteiger charge is 2.16. The minimum absolute atomic E-state index is 0.115. The summed E-state index contributed by atoms with van der Waals surface area (Å²) in [6.07, 6.45) is 0.180.